The molecule has 0 amide bonds. The van der Waals surface area contributed by atoms with Crippen LogP contribution in [0.2, 0.25) is 0 Å². The zero-order valence-electron chi connectivity index (χ0n) is 8.75. The second-order valence-corrected chi connectivity index (χ2v) is 3.61. The van der Waals surface area contributed by atoms with Crippen LogP contribution >= 0.6 is 0 Å². The van der Waals surface area contributed by atoms with E-state index in [1.807, 2.05) is 19.1 Å². The SMILES string of the molecule is Cc1ccc(NCC2=NCCN2)cc1O. The van der Waals surface area contributed by atoms with Crippen molar-refractivity contribution < 1.29 is 5.11 Å². The van der Waals surface area contributed by atoms with Gasteiger partial charge in [-0.15, -0.1) is 0 Å². The Balaban J connectivity index is 1.96. The lowest BCUT2D eigenvalue weighted by Gasteiger charge is -2.08. The smallest absolute Gasteiger partial charge is 0.120 e. The number of benzene rings is 1. The van der Waals surface area contributed by atoms with Gasteiger partial charge in [0.2, 0.25) is 0 Å². The Labute approximate surface area is 89.0 Å². The van der Waals surface area contributed by atoms with E-state index in [-0.39, 0.29) is 0 Å². The van der Waals surface area contributed by atoms with Gasteiger partial charge in [0.15, 0.2) is 0 Å². The summed E-state index contributed by atoms with van der Waals surface area (Å²) in [6.07, 6.45) is 0. The van der Waals surface area contributed by atoms with Crippen molar-refractivity contribution in [3.8, 4) is 5.75 Å². The summed E-state index contributed by atoms with van der Waals surface area (Å²) in [5.74, 6) is 1.30. The van der Waals surface area contributed by atoms with E-state index in [1.165, 1.54) is 0 Å². The first-order valence-electron chi connectivity index (χ1n) is 5.06. The second-order valence-electron chi connectivity index (χ2n) is 3.61. The summed E-state index contributed by atoms with van der Waals surface area (Å²) < 4.78 is 0. The molecule has 1 aromatic rings. The number of aromatic hydroxyl groups is 1. The number of nitrogens with zero attached hydrogens (tertiary/aromatic N) is 1. The zero-order valence-corrected chi connectivity index (χ0v) is 8.75. The summed E-state index contributed by atoms with van der Waals surface area (Å²) in [5, 5.41) is 15.9. The van der Waals surface area contributed by atoms with Gasteiger partial charge in [0, 0.05) is 18.3 Å². The fraction of sp³-hybridized carbons (Fsp3) is 0.364. The van der Waals surface area contributed by atoms with Gasteiger partial charge in [0.05, 0.1) is 13.1 Å². The van der Waals surface area contributed by atoms with Crippen molar-refractivity contribution in [2.24, 2.45) is 4.99 Å². The van der Waals surface area contributed by atoms with E-state index in [1.54, 1.807) is 6.07 Å². The Kier molecular flexibility index (Phi) is 2.76. The maximum absolute atomic E-state index is 9.51. The van der Waals surface area contributed by atoms with Crippen LogP contribution in [0.25, 0.3) is 0 Å². The second kappa shape index (κ2) is 4.21. The molecule has 80 valence electrons. The topological polar surface area (TPSA) is 56.7 Å². The third-order valence-corrected chi connectivity index (χ3v) is 2.41. The van der Waals surface area contributed by atoms with E-state index < -0.39 is 0 Å². The summed E-state index contributed by atoms with van der Waals surface area (Å²) in [6, 6.07) is 5.57. The molecule has 1 aliphatic heterocycles. The highest BCUT2D eigenvalue weighted by atomic mass is 16.3. The number of rotatable bonds is 3. The van der Waals surface area contributed by atoms with Gasteiger partial charge < -0.3 is 15.7 Å². The van der Waals surface area contributed by atoms with Crippen molar-refractivity contribution >= 4 is 11.5 Å². The molecule has 1 heterocycles. The molecule has 0 spiro atoms. The predicted molar refractivity (Wildman–Crippen MR) is 61.6 cm³/mol. The van der Waals surface area contributed by atoms with Crippen LogP contribution in [0.1, 0.15) is 5.56 Å². The quantitative estimate of drug-likeness (QED) is 0.693. The summed E-state index contributed by atoms with van der Waals surface area (Å²) >= 11 is 0. The minimum Gasteiger partial charge on any atom is -0.508 e. The molecule has 0 aliphatic carbocycles. The van der Waals surface area contributed by atoms with Crippen LogP contribution in [-0.2, 0) is 0 Å². The molecule has 2 rings (SSSR count). The Hall–Kier alpha value is -1.71. The monoisotopic (exact) mass is 205 g/mol. The molecule has 3 N–H and O–H groups in total. The minimum atomic E-state index is 0.321. The molecule has 0 aromatic heterocycles. The van der Waals surface area contributed by atoms with E-state index in [2.05, 4.69) is 15.6 Å². The summed E-state index contributed by atoms with van der Waals surface area (Å²) in [7, 11) is 0. The number of anilines is 1. The molecule has 0 saturated heterocycles. The molecule has 15 heavy (non-hydrogen) atoms. The normalized spacial score (nSPS) is 14.6. The van der Waals surface area contributed by atoms with Crippen LogP contribution in [0, 0.1) is 6.92 Å². The van der Waals surface area contributed by atoms with Crippen molar-refractivity contribution in [1.82, 2.24) is 5.32 Å². The lowest BCUT2D eigenvalue weighted by atomic mass is 10.2. The molecule has 0 atom stereocenters. The van der Waals surface area contributed by atoms with E-state index >= 15 is 0 Å². The first-order valence-corrected chi connectivity index (χ1v) is 5.06. The van der Waals surface area contributed by atoms with Gasteiger partial charge in [-0.3, -0.25) is 4.99 Å². The van der Waals surface area contributed by atoms with E-state index in [9.17, 15) is 5.11 Å². The molecule has 0 bridgehead atoms. The fourth-order valence-corrected chi connectivity index (χ4v) is 1.47. The number of phenolic OH excluding ortho intramolecular Hbond substituents is 1. The van der Waals surface area contributed by atoms with Gasteiger partial charge in [-0.25, -0.2) is 0 Å². The summed E-state index contributed by atoms with van der Waals surface area (Å²) in [5.41, 5.74) is 1.80. The average molecular weight is 205 g/mol. The molecular weight excluding hydrogens is 190 g/mol. The van der Waals surface area contributed by atoms with Gasteiger partial charge in [-0.2, -0.15) is 0 Å². The van der Waals surface area contributed by atoms with Crippen LogP contribution in [0.5, 0.6) is 5.75 Å². The van der Waals surface area contributed by atoms with Gasteiger partial charge >= 0.3 is 0 Å². The summed E-state index contributed by atoms with van der Waals surface area (Å²) in [6.45, 7) is 4.34. The standard InChI is InChI=1S/C11H15N3O/c1-8-2-3-9(6-10(8)15)14-7-11-12-4-5-13-11/h2-3,6,14-15H,4-5,7H2,1H3,(H,12,13). The van der Waals surface area contributed by atoms with Crippen LogP contribution < -0.4 is 10.6 Å². The molecule has 1 aliphatic rings. The predicted octanol–water partition coefficient (Wildman–Crippen LogP) is 1.11. The number of hydrogen-bond donors (Lipinski definition) is 3. The van der Waals surface area contributed by atoms with Crippen molar-refractivity contribution in [1.29, 1.82) is 0 Å². The Morgan fingerprint density at radius 3 is 3.07 bits per heavy atom. The zero-order chi connectivity index (χ0) is 10.7. The highest BCUT2D eigenvalue weighted by molar-refractivity contribution is 5.87. The first-order chi connectivity index (χ1) is 7.25. The van der Waals surface area contributed by atoms with Gasteiger partial charge in [-0.1, -0.05) is 6.07 Å². The number of amidine groups is 1. The van der Waals surface area contributed by atoms with Crippen molar-refractivity contribution in [3.63, 3.8) is 0 Å². The number of hydrogen-bond acceptors (Lipinski definition) is 4. The Morgan fingerprint density at radius 2 is 2.40 bits per heavy atom. The molecule has 0 saturated carbocycles. The van der Waals surface area contributed by atoms with Crippen molar-refractivity contribution in [2.75, 3.05) is 25.0 Å². The molecular formula is C11H15N3O. The highest BCUT2D eigenvalue weighted by Gasteiger charge is 2.04. The van der Waals surface area contributed by atoms with Crippen molar-refractivity contribution in [3.05, 3.63) is 23.8 Å². The number of nitrogens with one attached hydrogen (secondary N) is 2. The Morgan fingerprint density at radius 1 is 1.53 bits per heavy atom. The number of aliphatic imine (C=N–C) groups is 1. The van der Waals surface area contributed by atoms with Crippen molar-refractivity contribution in [2.45, 2.75) is 6.92 Å². The van der Waals surface area contributed by atoms with Gasteiger partial charge in [0.25, 0.3) is 0 Å². The maximum atomic E-state index is 9.51. The third-order valence-electron chi connectivity index (χ3n) is 2.41. The fourth-order valence-electron chi connectivity index (χ4n) is 1.47. The third kappa shape index (κ3) is 2.40. The largest absolute Gasteiger partial charge is 0.508 e. The maximum Gasteiger partial charge on any atom is 0.120 e. The summed E-state index contributed by atoms with van der Waals surface area (Å²) in [4.78, 5) is 4.27. The first kappa shape index (κ1) is 9.83. The molecule has 4 nitrogen and oxygen atoms in total. The molecule has 1 aromatic carbocycles. The molecule has 4 heteroatoms. The minimum absolute atomic E-state index is 0.321. The lowest BCUT2D eigenvalue weighted by Crippen LogP contribution is -2.26. The van der Waals surface area contributed by atoms with Crippen LogP contribution in [0.15, 0.2) is 23.2 Å². The number of aryl methyl sites for hydroxylation is 1. The lowest BCUT2D eigenvalue weighted by molar-refractivity contribution is 0.471. The van der Waals surface area contributed by atoms with Crippen LogP contribution in [0.3, 0.4) is 0 Å². The highest BCUT2D eigenvalue weighted by Crippen LogP contribution is 2.20. The molecule has 0 unspecified atom stereocenters. The average Bonchev–Trinajstić information content (AvgIpc) is 2.73. The number of phenols is 1. The van der Waals surface area contributed by atoms with Gasteiger partial charge in [0.1, 0.15) is 11.6 Å². The Bertz CT molecular complexity index is 387. The van der Waals surface area contributed by atoms with Gasteiger partial charge in [-0.05, 0) is 18.6 Å². The van der Waals surface area contributed by atoms with E-state index in [4.69, 9.17) is 0 Å². The van der Waals surface area contributed by atoms with Crippen LogP contribution in [0.4, 0.5) is 5.69 Å². The molecule has 0 radical (unpaired) electrons. The van der Waals surface area contributed by atoms with E-state index in [0.717, 1.165) is 30.2 Å². The van der Waals surface area contributed by atoms with Crippen LogP contribution in [-0.4, -0.2) is 30.6 Å². The molecule has 0 fully saturated rings. The van der Waals surface area contributed by atoms with E-state index in [0.29, 0.717) is 12.3 Å².